The van der Waals surface area contributed by atoms with Crippen LogP contribution < -0.4 is 5.43 Å². The number of aryl methyl sites for hydroxylation is 2. The van der Waals surface area contributed by atoms with Gasteiger partial charge in [-0.05, 0) is 61.4 Å². The van der Waals surface area contributed by atoms with Gasteiger partial charge < -0.3 is 14.1 Å². The van der Waals surface area contributed by atoms with E-state index >= 15 is 0 Å². The lowest BCUT2D eigenvalue weighted by Crippen LogP contribution is -2.37. The molecular weight excluding hydrogens is 374 g/mol. The molecule has 0 radical (unpaired) electrons. The van der Waals surface area contributed by atoms with Crippen molar-refractivity contribution >= 4 is 28.2 Å². The Morgan fingerprint density at radius 2 is 2.07 bits per heavy atom. The minimum absolute atomic E-state index is 0.0287. The Hall–Kier alpha value is -2.44. The number of hydrogen-bond donors (Lipinski definition) is 0. The van der Waals surface area contributed by atoms with Crippen LogP contribution in [0.1, 0.15) is 39.4 Å². The molecule has 0 saturated carbocycles. The van der Waals surface area contributed by atoms with Crippen molar-refractivity contribution < 1.29 is 13.9 Å². The second kappa shape index (κ2) is 7.89. The fraction of sp³-hybridized carbons (Fsp3) is 0.364. The predicted octanol–water partition coefficient (Wildman–Crippen LogP) is 4.29. The van der Waals surface area contributed by atoms with Crippen LogP contribution in [0.5, 0.6) is 0 Å². The number of amides is 1. The second-order valence-electron chi connectivity index (χ2n) is 7.31. The lowest BCUT2D eigenvalue weighted by molar-refractivity contribution is 0.0486. The number of hydrogen-bond acceptors (Lipinski definition) is 5. The van der Waals surface area contributed by atoms with Crippen LogP contribution in [-0.4, -0.2) is 30.1 Å². The summed E-state index contributed by atoms with van der Waals surface area (Å²) < 4.78 is 11.6. The molecule has 0 bridgehead atoms. The average molecular weight is 397 g/mol. The first-order chi connectivity index (χ1) is 13.5. The number of ether oxygens (including phenoxy) is 1. The number of carbonyl (C=O) groups is 1. The van der Waals surface area contributed by atoms with E-state index in [0.29, 0.717) is 24.1 Å². The molecule has 1 unspecified atom stereocenters. The summed E-state index contributed by atoms with van der Waals surface area (Å²) in [5.74, 6) is -0.198. The Kier molecular flexibility index (Phi) is 5.33. The van der Waals surface area contributed by atoms with Crippen molar-refractivity contribution in [3.8, 4) is 0 Å². The lowest BCUT2D eigenvalue weighted by Gasteiger charge is -2.24. The van der Waals surface area contributed by atoms with Gasteiger partial charge in [-0.25, -0.2) is 0 Å². The highest BCUT2D eigenvalue weighted by Gasteiger charge is 2.26. The smallest absolute Gasteiger partial charge is 0.290 e. The molecule has 2 aromatic heterocycles. The standard InChI is InChI=1S/C22H23NO4S/c1-14-9-18-19(24)11-21(27-20(18)10-15(14)2)22(25)23(12-16-5-3-7-26-16)13-17-6-4-8-28-17/h4,6,8-11,16H,3,5,7,12-13H2,1-2H3. The van der Waals surface area contributed by atoms with Crippen molar-refractivity contribution in [2.24, 2.45) is 0 Å². The van der Waals surface area contributed by atoms with Crippen LogP contribution in [0.4, 0.5) is 0 Å². The van der Waals surface area contributed by atoms with Gasteiger partial charge in [-0.15, -0.1) is 11.3 Å². The predicted molar refractivity (Wildman–Crippen MR) is 110 cm³/mol. The molecule has 1 amide bonds. The summed E-state index contributed by atoms with van der Waals surface area (Å²) >= 11 is 1.60. The van der Waals surface area contributed by atoms with E-state index in [0.717, 1.165) is 35.5 Å². The molecule has 146 valence electrons. The summed E-state index contributed by atoms with van der Waals surface area (Å²) in [5, 5.41) is 2.49. The van der Waals surface area contributed by atoms with Crippen molar-refractivity contribution in [1.29, 1.82) is 0 Å². The fourth-order valence-electron chi connectivity index (χ4n) is 3.52. The molecule has 0 N–H and O–H groups in total. The third-order valence-electron chi connectivity index (χ3n) is 5.22. The first-order valence-corrected chi connectivity index (χ1v) is 10.4. The molecule has 1 fully saturated rings. The number of nitrogens with zero attached hydrogens (tertiary/aromatic N) is 1. The van der Waals surface area contributed by atoms with Gasteiger partial charge in [0.15, 0.2) is 11.2 Å². The second-order valence-corrected chi connectivity index (χ2v) is 8.34. The quantitative estimate of drug-likeness (QED) is 0.644. The summed E-state index contributed by atoms with van der Waals surface area (Å²) in [6.45, 7) is 5.62. The Balaban J connectivity index is 1.68. The molecule has 1 saturated heterocycles. The molecule has 0 aliphatic carbocycles. The number of fused-ring (bicyclic) bond motifs is 1. The first kappa shape index (κ1) is 18.9. The van der Waals surface area contributed by atoms with E-state index < -0.39 is 0 Å². The van der Waals surface area contributed by atoms with Crippen molar-refractivity contribution in [3.05, 3.63) is 67.7 Å². The lowest BCUT2D eigenvalue weighted by atomic mass is 10.1. The summed E-state index contributed by atoms with van der Waals surface area (Å²) in [7, 11) is 0. The summed E-state index contributed by atoms with van der Waals surface area (Å²) in [6, 6.07) is 8.93. The van der Waals surface area contributed by atoms with Gasteiger partial charge in [-0.2, -0.15) is 0 Å². The van der Waals surface area contributed by atoms with Gasteiger partial charge in [0.05, 0.1) is 18.0 Å². The molecule has 28 heavy (non-hydrogen) atoms. The van der Waals surface area contributed by atoms with E-state index in [1.807, 2.05) is 43.5 Å². The topological polar surface area (TPSA) is 59.8 Å². The largest absolute Gasteiger partial charge is 0.451 e. The third kappa shape index (κ3) is 3.88. The van der Waals surface area contributed by atoms with E-state index in [4.69, 9.17) is 9.15 Å². The van der Waals surface area contributed by atoms with Crippen LogP contribution in [-0.2, 0) is 11.3 Å². The molecule has 3 aromatic rings. The minimum atomic E-state index is -0.277. The maximum absolute atomic E-state index is 13.2. The van der Waals surface area contributed by atoms with Gasteiger partial charge in [0.2, 0.25) is 0 Å². The van der Waals surface area contributed by atoms with E-state index in [1.165, 1.54) is 6.07 Å². The van der Waals surface area contributed by atoms with Crippen LogP contribution in [0.3, 0.4) is 0 Å². The Morgan fingerprint density at radius 1 is 1.25 bits per heavy atom. The average Bonchev–Trinajstić information content (AvgIpc) is 3.36. The monoisotopic (exact) mass is 397 g/mol. The van der Waals surface area contributed by atoms with Crippen molar-refractivity contribution in [2.45, 2.75) is 39.3 Å². The van der Waals surface area contributed by atoms with Gasteiger partial charge in [0.25, 0.3) is 5.91 Å². The molecule has 3 heterocycles. The number of rotatable bonds is 5. The highest BCUT2D eigenvalue weighted by molar-refractivity contribution is 7.09. The Morgan fingerprint density at radius 3 is 2.79 bits per heavy atom. The number of benzene rings is 1. The van der Waals surface area contributed by atoms with Crippen molar-refractivity contribution in [1.82, 2.24) is 4.90 Å². The van der Waals surface area contributed by atoms with Crippen LogP contribution >= 0.6 is 11.3 Å². The normalized spacial score (nSPS) is 16.6. The molecule has 0 spiro atoms. The zero-order valence-electron chi connectivity index (χ0n) is 16.1. The van der Waals surface area contributed by atoms with E-state index in [1.54, 1.807) is 16.2 Å². The van der Waals surface area contributed by atoms with Crippen LogP contribution in [0.2, 0.25) is 0 Å². The van der Waals surface area contributed by atoms with Gasteiger partial charge in [-0.3, -0.25) is 9.59 Å². The van der Waals surface area contributed by atoms with Crippen LogP contribution in [0.25, 0.3) is 11.0 Å². The summed E-state index contributed by atoms with van der Waals surface area (Å²) in [5.41, 5.74) is 2.31. The minimum Gasteiger partial charge on any atom is -0.451 e. The molecule has 5 nitrogen and oxygen atoms in total. The number of carbonyl (C=O) groups excluding carboxylic acids is 1. The molecule has 1 aromatic carbocycles. The van der Waals surface area contributed by atoms with Gasteiger partial charge in [0.1, 0.15) is 5.58 Å². The van der Waals surface area contributed by atoms with Crippen molar-refractivity contribution in [3.63, 3.8) is 0 Å². The molecule has 1 atom stereocenters. The van der Waals surface area contributed by atoms with Crippen LogP contribution in [0.15, 0.2) is 44.9 Å². The maximum Gasteiger partial charge on any atom is 0.290 e. The molecule has 1 aliphatic heterocycles. The maximum atomic E-state index is 13.2. The first-order valence-electron chi connectivity index (χ1n) is 9.49. The Labute approximate surface area is 167 Å². The molecular formula is C22H23NO4S. The highest BCUT2D eigenvalue weighted by atomic mass is 32.1. The summed E-state index contributed by atoms with van der Waals surface area (Å²) in [6.07, 6.45) is 1.98. The SMILES string of the molecule is Cc1cc2oc(C(=O)N(Cc3cccs3)CC3CCCO3)cc(=O)c2cc1C. The van der Waals surface area contributed by atoms with Gasteiger partial charge >= 0.3 is 0 Å². The van der Waals surface area contributed by atoms with E-state index in [9.17, 15) is 9.59 Å². The summed E-state index contributed by atoms with van der Waals surface area (Å²) in [4.78, 5) is 28.7. The van der Waals surface area contributed by atoms with Gasteiger partial charge in [0, 0.05) is 24.1 Å². The number of thiophene rings is 1. The molecule has 6 heteroatoms. The van der Waals surface area contributed by atoms with Crippen molar-refractivity contribution in [2.75, 3.05) is 13.2 Å². The fourth-order valence-corrected chi connectivity index (χ4v) is 4.24. The third-order valence-corrected chi connectivity index (χ3v) is 6.08. The zero-order valence-corrected chi connectivity index (χ0v) is 16.9. The van der Waals surface area contributed by atoms with E-state index in [-0.39, 0.29) is 23.2 Å². The highest BCUT2D eigenvalue weighted by Crippen LogP contribution is 2.22. The van der Waals surface area contributed by atoms with E-state index in [2.05, 4.69) is 0 Å². The Bertz CT molecular complexity index is 1050. The molecule has 1 aliphatic rings. The molecule has 4 rings (SSSR count). The zero-order chi connectivity index (χ0) is 19.7. The van der Waals surface area contributed by atoms with Crippen LogP contribution in [0, 0.1) is 13.8 Å². The van der Waals surface area contributed by atoms with Gasteiger partial charge in [-0.1, -0.05) is 6.07 Å².